The van der Waals surface area contributed by atoms with Crippen LogP contribution in [0.25, 0.3) is 0 Å². The molecular formula is C16H25BrFN. The first kappa shape index (κ1) is 16.6. The topological polar surface area (TPSA) is 12.0 Å². The molecule has 1 rings (SSSR count). The van der Waals surface area contributed by atoms with Crippen molar-refractivity contribution >= 4 is 15.9 Å². The van der Waals surface area contributed by atoms with Gasteiger partial charge < -0.3 is 5.32 Å². The van der Waals surface area contributed by atoms with E-state index in [1.54, 1.807) is 6.07 Å². The highest BCUT2D eigenvalue weighted by Gasteiger charge is 2.26. The molecule has 1 N–H and O–H groups in total. The van der Waals surface area contributed by atoms with E-state index in [-0.39, 0.29) is 16.8 Å². The lowest BCUT2D eigenvalue weighted by Gasteiger charge is -2.33. The Morgan fingerprint density at radius 1 is 1.21 bits per heavy atom. The van der Waals surface area contributed by atoms with Crippen LogP contribution in [0.15, 0.2) is 22.7 Å². The quantitative estimate of drug-likeness (QED) is 0.807. The number of benzene rings is 1. The Hall–Kier alpha value is -0.410. The van der Waals surface area contributed by atoms with Crippen LogP contribution < -0.4 is 5.32 Å². The first-order valence-corrected chi connectivity index (χ1v) is 7.63. The average Bonchev–Trinajstić information content (AvgIpc) is 2.31. The van der Waals surface area contributed by atoms with Gasteiger partial charge in [0.15, 0.2) is 0 Å². The van der Waals surface area contributed by atoms with E-state index in [2.05, 4.69) is 55.9 Å². The molecule has 0 saturated carbocycles. The van der Waals surface area contributed by atoms with Crippen LogP contribution in [0.3, 0.4) is 0 Å². The fourth-order valence-electron chi connectivity index (χ4n) is 1.93. The molecule has 1 unspecified atom stereocenters. The van der Waals surface area contributed by atoms with Gasteiger partial charge in [-0.3, -0.25) is 0 Å². The molecule has 0 aliphatic rings. The molecule has 0 amide bonds. The maximum Gasteiger partial charge on any atom is 0.126 e. The molecule has 1 aromatic carbocycles. The van der Waals surface area contributed by atoms with Crippen LogP contribution in [-0.4, -0.2) is 12.1 Å². The van der Waals surface area contributed by atoms with Crippen LogP contribution in [0.1, 0.15) is 46.6 Å². The lowest BCUT2D eigenvalue weighted by atomic mass is 9.80. The minimum Gasteiger partial charge on any atom is -0.312 e. The highest BCUT2D eigenvalue weighted by Crippen LogP contribution is 2.29. The summed E-state index contributed by atoms with van der Waals surface area (Å²) in [4.78, 5) is 0. The molecule has 1 atom stereocenters. The Kier molecular flexibility index (Phi) is 5.57. The van der Waals surface area contributed by atoms with Crippen molar-refractivity contribution in [3.05, 3.63) is 34.1 Å². The van der Waals surface area contributed by atoms with E-state index < -0.39 is 0 Å². The monoisotopic (exact) mass is 329 g/mol. The zero-order valence-electron chi connectivity index (χ0n) is 12.6. The Labute approximate surface area is 125 Å². The first-order chi connectivity index (χ1) is 8.65. The standard InChI is InChI=1S/C16H25BrFN/c1-6-16(5,11-19-15(2,3)4)10-12-9-13(17)7-8-14(12)18/h7-9,19H,6,10-11H2,1-5H3. The fourth-order valence-corrected chi connectivity index (χ4v) is 2.34. The average molecular weight is 330 g/mol. The van der Waals surface area contributed by atoms with Crippen molar-refractivity contribution in [3.8, 4) is 0 Å². The molecule has 0 bridgehead atoms. The summed E-state index contributed by atoms with van der Waals surface area (Å²) in [5.41, 5.74) is 0.940. The molecule has 1 nitrogen and oxygen atoms in total. The zero-order chi connectivity index (χ0) is 14.7. The molecule has 0 spiro atoms. The van der Waals surface area contributed by atoms with Gasteiger partial charge in [-0.05, 0) is 62.8 Å². The van der Waals surface area contributed by atoms with Gasteiger partial charge >= 0.3 is 0 Å². The van der Waals surface area contributed by atoms with E-state index in [0.717, 1.165) is 29.4 Å². The van der Waals surface area contributed by atoms with E-state index in [1.807, 2.05) is 6.07 Å². The number of hydrogen-bond acceptors (Lipinski definition) is 1. The zero-order valence-corrected chi connectivity index (χ0v) is 14.2. The third-order valence-corrected chi connectivity index (χ3v) is 4.02. The SMILES string of the molecule is CCC(C)(CNC(C)(C)C)Cc1cc(Br)ccc1F. The van der Waals surface area contributed by atoms with Gasteiger partial charge in [0.2, 0.25) is 0 Å². The van der Waals surface area contributed by atoms with Gasteiger partial charge in [-0.15, -0.1) is 0 Å². The molecule has 0 aliphatic heterocycles. The van der Waals surface area contributed by atoms with E-state index >= 15 is 0 Å². The minimum absolute atomic E-state index is 0.0644. The Morgan fingerprint density at radius 3 is 2.37 bits per heavy atom. The number of halogens is 2. The Morgan fingerprint density at radius 2 is 1.84 bits per heavy atom. The predicted octanol–water partition coefficient (Wildman–Crippen LogP) is 4.94. The molecule has 0 fully saturated rings. The van der Waals surface area contributed by atoms with Gasteiger partial charge in [-0.2, -0.15) is 0 Å². The van der Waals surface area contributed by atoms with Crippen molar-refractivity contribution < 1.29 is 4.39 Å². The van der Waals surface area contributed by atoms with Gasteiger partial charge in [0.05, 0.1) is 0 Å². The second-order valence-corrected chi connectivity index (χ2v) is 7.60. The maximum absolute atomic E-state index is 13.9. The third kappa shape index (κ3) is 5.62. The molecule has 19 heavy (non-hydrogen) atoms. The van der Waals surface area contributed by atoms with Gasteiger partial charge in [-0.25, -0.2) is 4.39 Å². The molecule has 0 aromatic heterocycles. The van der Waals surface area contributed by atoms with E-state index in [4.69, 9.17) is 0 Å². The molecule has 3 heteroatoms. The van der Waals surface area contributed by atoms with Crippen LogP contribution in [0.4, 0.5) is 4.39 Å². The summed E-state index contributed by atoms with van der Waals surface area (Å²) in [7, 11) is 0. The van der Waals surface area contributed by atoms with E-state index in [1.165, 1.54) is 6.07 Å². The predicted molar refractivity (Wildman–Crippen MR) is 84.0 cm³/mol. The molecule has 1 aromatic rings. The van der Waals surface area contributed by atoms with Gasteiger partial charge in [0.1, 0.15) is 5.82 Å². The summed E-state index contributed by atoms with van der Waals surface area (Å²) in [6.45, 7) is 11.7. The van der Waals surface area contributed by atoms with Gasteiger partial charge in [0, 0.05) is 16.6 Å². The van der Waals surface area contributed by atoms with E-state index in [9.17, 15) is 4.39 Å². The van der Waals surface area contributed by atoms with Gasteiger partial charge in [-0.1, -0.05) is 29.8 Å². The third-order valence-electron chi connectivity index (χ3n) is 3.52. The summed E-state index contributed by atoms with van der Waals surface area (Å²) in [5, 5.41) is 3.53. The number of hydrogen-bond donors (Lipinski definition) is 1. The highest BCUT2D eigenvalue weighted by atomic mass is 79.9. The summed E-state index contributed by atoms with van der Waals surface area (Å²) in [6.07, 6.45) is 1.76. The molecule has 108 valence electrons. The van der Waals surface area contributed by atoms with Crippen molar-refractivity contribution in [1.29, 1.82) is 0 Å². The summed E-state index contributed by atoms with van der Waals surface area (Å²) < 4.78 is 14.8. The largest absolute Gasteiger partial charge is 0.312 e. The van der Waals surface area contributed by atoms with Crippen LogP contribution in [-0.2, 0) is 6.42 Å². The van der Waals surface area contributed by atoms with Crippen molar-refractivity contribution in [1.82, 2.24) is 5.32 Å². The maximum atomic E-state index is 13.9. The van der Waals surface area contributed by atoms with Crippen molar-refractivity contribution in [2.45, 2.75) is 53.0 Å². The first-order valence-electron chi connectivity index (χ1n) is 6.84. The normalized spacial score (nSPS) is 15.3. The Balaban J connectivity index is 2.82. The number of rotatable bonds is 5. The second-order valence-electron chi connectivity index (χ2n) is 6.68. The second kappa shape index (κ2) is 6.36. The van der Waals surface area contributed by atoms with Crippen LogP contribution >= 0.6 is 15.9 Å². The van der Waals surface area contributed by atoms with Gasteiger partial charge in [0.25, 0.3) is 0 Å². The molecule has 0 radical (unpaired) electrons. The lowest BCUT2D eigenvalue weighted by molar-refractivity contribution is 0.252. The van der Waals surface area contributed by atoms with Crippen molar-refractivity contribution in [2.75, 3.05) is 6.54 Å². The smallest absolute Gasteiger partial charge is 0.126 e. The molecule has 0 aliphatic carbocycles. The molecule has 0 heterocycles. The van der Waals surface area contributed by atoms with E-state index in [0.29, 0.717) is 0 Å². The van der Waals surface area contributed by atoms with Crippen LogP contribution in [0.2, 0.25) is 0 Å². The van der Waals surface area contributed by atoms with Crippen LogP contribution in [0.5, 0.6) is 0 Å². The molecular weight excluding hydrogens is 305 g/mol. The fraction of sp³-hybridized carbons (Fsp3) is 0.625. The summed E-state index contributed by atoms with van der Waals surface area (Å²) in [5.74, 6) is -0.112. The minimum atomic E-state index is -0.112. The summed E-state index contributed by atoms with van der Waals surface area (Å²) >= 11 is 3.41. The number of nitrogens with one attached hydrogen (secondary N) is 1. The van der Waals surface area contributed by atoms with Crippen LogP contribution in [0, 0.1) is 11.2 Å². The molecule has 0 saturated heterocycles. The highest BCUT2D eigenvalue weighted by molar-refractivity contribution is 9.10. The summed E-state index contributed by atoms with van der Waals surface area (Å²) in [6, 6.07) is 5.17. The lowest BCUT2D eigenvalue weighted by Crippen LogP contribution is -2.43. The van der Waals surface area contributed by atoms with Crippen molar-refractivity contribution in [2.24, 2.45) is 5.41 Å². The Bertz CT molecular complexity index is 425. The van der Waals surface area contributed by atoms with Crippen molar-refractivity contribution in [3.63, 3.8) is 0 Å².